The van der Waals surface area contributed by atoms with Crippen LogP contribution in [0.25, 0.3) is 0 Å². The molecule has 1 saturated heterocycles. The zero-order valence-electron chi connectivity index (χ0n) is 12.8. The van der Waals surface area contributed by atoms with E-state index in [1.807, 2.05) is 4.90 Å². The lowest BCUT2D eigenvalue weighted by atomic mass is 10.2. The van der Waals surface area contributed by atoms with Crippen LogP contribution in [-0.4, -0.2) is 49.6 Å². The fourth-order valence-corrected chi connectivity index (χ4v) is 2.38. The summed E-state index contributed by atoms with van der Waals surface area (Å²) in [5.41, 5.74) is 1.02. The molecule has 1 amide bonds. The molecule has 4 nitrogen and oxygen atoms in total. The maximum absolute atomic E-state index is 12.9. The van der Waals surface area contributed by atoms with E-state index in [-0.39, 0.29) is 11.7 Å². The van der Waals surface area contributed by atoms with E-state index in [2.05, 4.69) is 24.1 Å². The molecule has 1 aliphatic rings. The molecule has 1 fully saturated rings. The molecule has 0 bridgehead atoms. The third-order valence-corrected chi connectivity index (χ3v) is 4.04. The molecule has 21 heavy (non-hydrogen) atoms. The van der Waals surface area contributed by atoms with Gasteiger partial charge in [-0.15, -0.1) is 0 Å². The third kappa shape index (κ3) is 4.43. The predicted octanol–water partition coefficient (Wildman–Crippen LogP) is 1.86. The van der Waals surface area contributed by atoms with E-state index in [0.29, 0.717) is 12.6 Å². The number of carbonyl (C=O) groups is 1. The quantitative estimate of drug-likeness (QED) is 0.900. The van der Waals surface area contributed by atoms with Crippen LogP contribution in [0.5, 0.6) is 0 Å². The van der Waals surface area contributed by atoms with E-state index in [4.69, 9.17) is 0 Å². The average Bonchev–Trinajstić information content (AvgIpc) is 2.53. The Kier molecular flexibility index (Phi) is 5.56. The number of halogens is 1. The van der Waals surface area contributed by atoms with Crippen LogP contribution in [-0.2, 0) is 4.79 Å². The minimum absolute atomic E-state index is 0.161. The van der Waals surface area contributed by atoms with Gasteiger partial charge in [0.05, 0.1) is 6.54 Å². The van der Waals surface area contributed by atoms with Crippen LogP contribution in [0.4, 0.5) is 10.1 Å². The number of amides is 1. The summed E-state index contributed by atoms with van der Waals surface area (Å²) in [6, 6.07) is 6.90. The monoisotopic (exact) mass is 293 g/mol. The lowest BCUT2D eigenvalue weighted by Crippen LogP contribution is -2.51. The number of carbonyl (C=O) groups excluding carboxylic acids is 1. The highest BCUT2D eigenvalue weighted by atomic mass is 19.1. The summed E-state index contributed by atoms with van der Waals surface area (Å²) >= 11 is 0. The van der Waals surface area contributed by atoms with Crippen LogP contribution in [0.15, 0.2) is 24.3 Å². The fraction of sp³-hybridized carbons (Fsp3) is 0.562. The fourth-order valence-electron chi connectivity index (χ4n) is 2.38. The van der Waals surface area contributed by atoms with Gasteiger partial charge in [0, 0.05) is 37.9 Å². The van der Waals surface area contributed by atoms with E-state index >= 15 is 0 Å². The van der Waals surface area contributed by atoms with Crippen molar-refractivity contribution in [1.82, 2.24) is 10.2 Å². The standard InChI is InChI=1S/C16H24FN3O/c1-3-13(2)18-12-16(21)20-10-8-19(9-11-20)15-6-4-14(17)5-7-15/h4-7,13,18H,3,8-12H2,1-2H3. The highest BCUT2D eigenvalue weighted by Gasteiger charge is 2.21. The first-order valence-corrected chi connectivity index (χ1v) is 7.62. The van der Waals surface area contributed by atoms with Gasteiger partial charge in [-0.3, -0.25) is 4.79 Å². The van der Waals surface area contributed by atoms with Crippen molar-refractivity contribution in [2.75, 3.05) is 37.6 Å². The molecular weight excluding hydrogens is 269 g/mol. The Labute approximate surface area is 125 Å². The van der Waals surface area contributed by atoms with E-state index in [0.717, 1.165) is 38.3 Å². The highest BCUT2D eigenvalue weighted by molar-refractivity contribution is 5.78. The van der Waals surface area contributed by atoms with Gasteiger partial charge in [-0.2, -0.15) is 0 Å². The second kappa shape index (κ2) is 7.41. The number of piperazine rings is 1. The number of nitrogens with one attached hydrogen (secondary N) is 1. The van der Waals surface area contributed by atoms with Crippen molar-refractivity contribution in [3.8, 4) is 0 Å². The molecule has 2 rings (SSSR count). The van der Waals surface area contributed by atoms with Gasteiger partial charge in [-0.1, -0.05) is 6.92 Å². The first-order valence-electron chi connectivity index (χ1n) is 7.62. The average molecular weight is 293 g/mol. The molecule has 0 aromatic heterocycles. The van der Waals surface area contributed by atoms with Crippen LogP contribution in [0, 0.1) is 5.82 Å². The van der Waals surface area contributed by atoms with Crippen molar-refractivity contribution in [2.45, 2.75) is 26.3 Å². The minimum Gasteiger partial charge on any atom is -0.368 e. The summed E-state index contributed by atoms with van der Waals surface area (Å²) in [5.74, 6) is -0.0576. The Morgan fingerprint density at radius 3 is 2.43 bits per heavy atom. The molecule has 1 aromatic rings. The zero-order chi connectivity index (χ0) is 15.2. The number of nitrogens with zero attached hydrogens (tertiary/aromatic N) is 2. The maximum Gasteiger partial charge on any atom is 0.236 e. The Balaban J connectivity index is 1.80. The molecule has 116 valence electrons. The number of anilines is 1. The van der Waals surface area contributed by atoms with Gasteiger partial charge < -0.3 is 15.1 Å². The molecule has 0 aliphatic carbocycles. The molecule has 0 saturated carbocycles. The molecule has 5 heteroatoms. The number of rotatable bonds is 5. The van der Waals surface area contributed by atoms with E-state index in [1.165, 1.54) is 12.1 Å². The molecule has 1 unspecified atom stereocenters. The topological polar surface area (TPSA) is 35.6 Å². The summed E-state index contributed by atoms with van der Waals surface area (Å²) in [4.78, 5) is 16.2. The first-order chi connectivity index (χ1) is 10.1. The Morgan fingerprint density at radius 2 is 1.86 bits per heavy atom. The van der Waals surface area contributed by atoms with Gasteiger partial charge in [-0.05, 0) is 37.6 Å². The van der Waals surface area contributed by atoms with Crippen molar-refractivity contribution in [1.29, 1.82) is 0 Å². The van der Waals surface area contributed by atoms with Crippen molar-refractivity contribution in [3.05, 3.63) is 30.1 Å². The van der Waals surface area contributed by atoms with Crippen LogP contribution >= 0.6 is 0 Å². The van der Waals surface area contributed by atoms with Gasteiger partial charge in [0.15, 0.2) is 0 Å². The largest absolute Gasteiger partial charge is 0.368 e. The number of hydrogen-bond donors (Lipinski definition) is 1. The third-order valence-electron chi connectivity index (χ3n) is 4.04. The van der Waals surface area contributed by atoms with Crippen molar-refractivity contribution in [3.63, 3.8) is 0 Å². The van der Waals surface area contributed by atoms with Crippen LogP contribution < -0.4 is 10.2 Å². The molecule has 1 aromatic carbocycles. The lowest BCUT2D eigenvalue weighted by molar-refractivity contribution is -0.130. The van der Waals surface area contributed by atoms with Crippen molar-refractivity contribution in [2.24, 2.45) is 0 Å². The molecular formula is C16H24FN3O. The summed E-state index contributed by atoms with van der Waals surface area (Å²) in [6.07, 6.45) is 1.02. The molecule has 1 aliphatic heterocycles. The first kappa shape index (κ1) is 15.8. The second-order valence-corrected chi connectivity index (χ2v) is 5.53. The Morgan fingerprint density at radius 1 is 1.24 bits per heavy atom. The van der Waals surface area contributed by atoms with Crippen LogP contribution in [0.2, 0.25) is 0 Å². The number of benzene rings is 1. The summed E-state index contributed by atoms with van der Waals surface area (Å²) in [5, 5.41) is 3.23. The number of hydrogen-bond acceptors (Lipinski definition) is 3. The van der Waals surface area contributed by atoms with Gasteiger partial charge in [0.1, 0.15) is 5.82 Å². The SMILES string of the molecule is CCC(C)NCC(=O)N1CCN(c2ccc(F)cc2)CC1. The summed E-state index contributed by atoms with van der Waals surface area (Å²) in [6.45, 7) is 7.62. The molecule has 0 spiro atoms. The molecule has 1 N–H and O–H groups in total. The van der Waals surface area contributed by atoms with Gasteiger partial charge in [0.2, 0.25) is 5.91 Å². The minimum atomic E-state index is -0.219. The summed E-state index contributed by atoms with van der Waals surface area (Å²) in [7, 11) is 0. The van der Waals surface area contributed by atoms with Crippen molar-refractivity contribution >= 4 is 11.6 Å². The van der Waals surface area contributed by atoms with Gasteiger partial charge >= 0.3 is 0 Å². The van der Waals surface area contributed by atoms with E-state index in [9.17, 15) is 9.18 Å². The zero-order valence-corrected chi connectivity index (χ0v) is 12.8. The Bertz CT molecular complexity index is 455. The smallest absolute Gasteiger partial charge is 0.236 e. The predicted molar refractivity (Wildman–Crippen MR) is 82.9 cm³/mol. The normalized spacial score (nSPS) is 16.9. The van der Waals surface area contributed by atoms with Crippen LogP contribution in [0.3, 0.4) is 0 Å². The summed E-state index contributed by atoms with van der Waals surface area (Å²) < 4.78 is 12.9. The van der Waals surface area contributed by atoms with Gasteiger partial charge in [-0.25, -0.2) is 4.39 Å². The Hall–Kier alpha value is -1.62. The van der Waals surface area contributed by atoms with E-state index in [1.54, 1.807) is 12.1 Å². The lowest BCUT2D eigenvalue weighted by Gasteiger charge is -2.36. The molecule has 1 heterocycles. The second-order valence-electron chi connectivity index (χ2n) is 5.53. The van der Waals surface area contributed by atoms with Gasteiger partial charge in [0.25, 0.3) is 0 Å². The molecule has 0 radical (unpaired) electrons. The maximum atomic E-state index is 12.9. The van der Waals surface area contributed by atoms with E-state index < -0.39 is 0 Å². The van der Waals surface area contributed by atoms with Crippen LogP contribution in [0.1, 0.15) is 20.3 Å². The highest BCUT2D eigenvalue weighted by Crippen LogP contribution is 2.16. The molecule has 1 atom stereocenters. The van der Waals surface area contributed by atoms with Crippen molar-refractivity contribution < 1.29 is 9.18 Å².